The minimum atomic E-state index is -0.190. The van der Waals surface area contributed by atoms with Crippen molar-refractivity contribution < 1.29 is 4.79 Å². The highest BCUT2D eigenvalue weighted by molar-refractivity contribution is 5.75. The van der Waals surface area contributed by atoms with Crippen LogP contribution in [0.3, 0.4) is 0 Å². The summed E-state index contributed by atoms with van der Waals surface area (Å²) >= 11 is 0. The lowest BCUT2D eigenvalue weighted by atomic mass is 10.6. The zero-order chi connectivity index (χ0) is 7.28. The molecule has 0 bridgehead atoms. The number of nitrogens with one attached hydrogen (secondary N) is 2. The Morgan fingerprint density at radius 3 is 2.56 bits per heavy atom. The minimum absolute atomic E-state index is 0.190. The van der Waals surface area contributed by atoms with Crippen molar-refractivity contribution in [2.24, 2.45) is 0 Å². The number of carbonyl (C=O) groups excluding carboxylic acids is 1. The summed E-state index contributed by atoms with van der Waals surface area (Å²) in [5.74, 6) is 0. The SMILES string of the molecule is C=C(C)NC(=O)NCC. The third kappa shape index (κ3) is 4.87. The molecule has 0 saturated heterocycles. The van der Waals surface area contributed by atoms with Crippen LogP contribution in [0.4, 0.5) is 4.79 Å². The Morgan fingerprint density at radius 1 is 1.67 bits per heavy atom. The van der Waals surface area contributed by atoms with Crippen LogP contribution in [-0.4, -0.2) is 12.6 Å². The molecular formula is C6H12N2O. The fourth-order valence-electron chi connectivity index (χ4n) is 0.399. The maximum absolute atomic E-state index is 10.6. The molecule has 52 valence electrons. The van der Waals surface area contributed by atoms with Gasteiger partial charge in [-0.2, -0.15) is 0 Å². The van der Waals surface area contributed by atoms with Crippen LogP contribution in [0.5, 0.6) is 0 Å². The Bertz CT molecular complexity index is 120. The van der Waals surface area contributed by atoms with E-state index in [4.69, 9.17) is 0 Å². The minimum Gasteiger partial charge on any atom is -0.338 e. The van der Waals surface area contributed by atoms with Crippen LogP contribution in [0, 0.1) is 0 Å². The van der Waals surface area contributed by atoms with Crippen LogP contribution >= 0.6 is 0 Å². The second-order valence-corrected chi connectivity index (χ2v) is 1.76. The Balaban J connectivity index is 3.39. The number of urea groups is 1. The highest BCUT2D eigenvalue weighted by Crippen LogP contribution is 1.76. The molecule has 0 saturated carbocycles. The molecule has 3 nitrogen and oxygen atoms in total. The topological polar surface area (TPSA) is 41.1 Å². The molecular weight excluding hydrogens is 116 g/mol. The Morgan fingerprint density at radius 2 is 2.22 bits per heavy atom. The first-order valence-corrected chi connectivity index (χ1v) is 2.87. The predicted octanol–water partition coefficient (Wildman–Crippen LogP) is 0.839. The molecule has 0 rings (SSSR count). The van der Waals surface area contributed by atoms with Gasteiger partial charge in [0.1, 0.15) is 0 Å². The molecule has 0 aliphatic rings. The van der Waals surface area contributed by atoms with Gasteiger partial charge < -0.3 is 10.6 Å². The molecule has 3 heteroatoms. The monoisotopic (exact) mass is 128 g/mol. The molecule has 2 N–H and O–H groups in total. The van der Waals surface area contributed by atoms with E-state index < -0.39 is 0 Å². The van der Waals surface area contributed by atoms with Crippen LogP contribution in [0.2, 0.25) is 0 Å². The molecule has 0 atom stereocenters. The second kappa shape index (κ2) is 3.95. The van der Waals surface area contributed by atoms with Crippen molar-refractivity contribution >= 4 is 6.03 Å². The molecule has 0 spiro atoms. The summed E-state index contributed by atoms with van der Waals surface area (Å²) in [6.45, 7) is 7.73. The van der Waals surface area contributed by atoms with E-state index in [0.717, 1.165) is 0 Å². The first kappa shape index (κ1) is 8.01. The van der Waals surface area contributed by atoms with Crippen molar-refractivity contribution in [3.05, 3.63) is 12.3 Å². The van der Waals surface area contributed by atoms with E-state index in [-0.39, 0.29) is 6.03 Å². The van der Waals surface area contributed by atoms with Crippen LogP contribution < -0.4 is 10.6 Å². The van der Waals surface area contributed by atoms with Gasteiger partial charge in [0.2, 0.25) is 0 Å². The Labute approximate surface area is 55.1 Å². The normalized spacial score (nSPS) is 8.22. The van der Waals surface area contributed by atoms with E-state index in [0.29, 0.717) is 12.2 Å². The first-order chi connectivity index (χ1) is 4.16. The van der Waals surface area contributed by atoms with Gasteiger partial charge in [-0.25, -0.2) is 4.79 Å². The van der Waals surface area contributed by atoms with Gasteiger partial charge >= 0.3 is 6.03 Å². The molecule has 0 aromatic heterocycles. The predicted molar refractivity (Wildman–Crippen MR) is 37.0 cm³/mol. The average Bonchev–Trinajstić information content (AvgIpc) is 1.63. The summed E-state index contributed by atoms with van der Waals surface area (Å²) in [5, 5.41) is 5.07. The van der Waals surface area contributed by atoms with Crippen molar-refractivity contribution in [3.8, 4) is 0 Å². The molecule has 9 heavy (non-hydrogen) atoms. The van der Waals surface area contributed by atoms with Crippen LogP contribution in [0.15, 0.2) is 12.3 Å². The van der Waals surface area contributed by atoms with Crippen molar-refractivity contribution in [2.75, 3.05) is 6.54 Å². The zero-order valence-corrected chi connectivity index (χ0v) is 5.82. The second-order valence-electron chi connectivity index (χ2n) is 1.76. The van der Waals surface area contributed by atoms with Gasteiger partial charge in [-0.15, -0.1) is 0 Å². The third-order valence-corrected chi connectivity index (χ3v) is 0.664. The fraction of sp³-hybridized carbons (Fsp3) is 0.500. The van der Waals surface area contributed by atoms with Crippen molar-refractivity contribution in [2.45, 2.75) is 13.8 Å². The fourth-order valence-corrected chi connectivity index (χ4v) is 0.399. The molecule has 2 amide bonds. The zero-order valence-electron chi connectivity index (χ0n) is 5.82. The van der Waals surface area contributed by atoms with Crippen molar-refractivity contribution in [1.29, 1.82) is 0 Å². The van der Waals surface area contributed by atoms with Crippen LogP contribution in [-0.2, 0) is 0 Å². The van der Waals surface area contributed by atoms with Gasteiger partial charge in [-0.05, 0) is 13.8 Å². The number of hydrogen-bond donors (Lipinski definition) is 2. The lowest BCUT2D eigenvalue weighted by Crippen LogP contribution is -2.33. The van der Waals surface area contributed by atoms with Crippen molar-refractivity contribution in [3.63, 3.8) is 0 Å². The summed E-state index contributed by atoms with van der Waals surface area (Å²) in [4.78, 5) is 10.6. The molecule has 0 unspecified atom stereocenters. The molecule has 0 heterocycles. The van der Waals surface area contributed by atoms with Gasteiger partial charge in [0.15, 0.2) is 0 Å². The Hall–Kier alpha value is -0.990. The molecule has 0 aromatic rings. The van der Waals surface area contributed by atoms with Gasteiger partial charge in [0, 0.05) is 12.2 Å². The summed E-state index contributed by atoms with van der Waals surface area (Å²) in [5.41, 5.74) is 0.654. The molecule has 0 aromatic carbocycles. The summed E-state index contributed by atoms with van der Waals surface area (Å²) in [6, 6.07) is -0.190. The summed E-state index contributed by atoms with van der Waals surface area (Å²) in [7, 11) is 0. The Kier molecular flexibility index (Phi) is 3.51. The molecule has 0 aliphatic carbocycles. The lowest BCUT2D eigenvalue weighted by molar-refractivity contribution is 0.244. The quantitative estimate of drug-likeness (QED) is 0.568. The molecule has 0 fully saturated rings. The molecule has 0 aliphatic heterocycles. The standard InChI is InChI=1S/C6H12N2O/c1-4-7-6(9)8-5(2)3/h2,4H2,1,3H3,(H2,7,8,9). The average molecular weight is 128 g/mol. The number of amides is 2. The summed E-state index contributed by atoms with van der Waals surface area (Å²) in [6.07, 6.45) is 0. The smallest absolute Gasteiger partial charge is 0.318 e. The van der Waals surface area contributed by atoms with Crippen molar-refractivity contribution in [1.82, 2.24) is 10.6 Å². The number of rotatable bonds is 2. The van der Waals surface area contributed by atoms with E-state index >= 15 is 0 Å². The van der Waals surface area contributed by atoms with Crippen LogP contribution in [0.1, 0.15) is 13.8 Å². The molecule has 0 radical (unpaired) electrons. The third-order valence-electron chi connectivity index (χ3n) is 0.664. The lowest BCUT2D eigenvalue weighted by Gasteiger charge is -2.02. The van der Waals surface area contributed by atoms with E-state index in [1.54, 1.807) is 6.92 Å². The maximum Gasteiger partial charge on any atom is 0.318 e. The highest BCUT2D eigenvalue weighted by Gasteiger charge is 1.93. The summed E-state index contributed by atoms with van der Waals surface area (Å²) < 4.78 is 0. The van der Waals surface area contributed by atoms with E-state index in [1.165, 1.54) is 0 Å². The van der Waals surface area contributed by atoms with E-state index in [9.17, 15) is 4.79 Å². The van der Waals surface area contributed by atoms with Gasteiger partial charge in [-0.1, -0.05) is 6.58 Å². The van der Waals surface area contributed by atoms with Crippen LogP contribution in [0.25, 0.3) is 0 Å². The van der Waals surface area contributed by atoms with E-state index in [1.807, 2.05) is 6.92 Å². The number of allylic oxidation sites excluding steroid dienone is 1. The number of hydrogen-bond acceptors (Lipinski definition) is 1. The van der Waals surface area contributed by atoms with Gasteiger partial charge in [0.25, 0.3) is 0 Å². The van der Waals surface area contributed by atoms with Gasteiger partial charge in [0.05, 0.1) is 0 Å². The maximum atomic E-state index is 10.6. The highest BCUT2D eigenvalue weighted by atomic mass is 16.2. The number of carbonyl (C=O) groups is 1. The largest absolute Gasteiger partial charge is 0.338 e. The first-order valence-electron chi connectivity index (χ1n) is 2.87. The van der Waals surface area contributed by atoms with Gasteiger partial charge in [-0.3, -0.25) is 0 Å². The van der Waals surface area contributed by atoms with E-state index in [2.05, 4.69) is 17.2 Å².